The number of allylic oxidation sites excluding steroid dienone is 2. The zero-order valence-corrected chi connectivity index (χ0v) is 8.58. The van der Waals surface area contributed by atoms with Gasteiger partial charge in [0.05, 0.1) is 12.0 Å². The van der Waals surface area contributed by atoms with Gasteiger partial charge >= 0.3 is 0 Å². The van der Waals surface area contributed by atoms with Crippen LogP contribution in [0.3, 0.4) is 0 Å². The minimum atomic E-state index is -0.125. The lowest BCUT2D eigenvalue weighted by molar-refractivity contribution is -0.119. The SMILES string of the molecule is C/C=C/C(C#N)C(C)CC(=O)CC. The van der Waals surface area contributed by atoms with E-state index < -0.39 is 0 Å². The van der Waals surface area contributed by atoms with Crippen molar-refractivity contribution >= 4 is 5.78 Å². The summed E-state index contributed by atoms with van der Waals surface area (Å²) >= 11 is 0. The number of ketones is 1. The molecule has 0 rings (SSSR count). The van der Waals surface area contributed by atoms with Crippen LogP contribution in [0.2, 0.25) is 0 Å². The van der Waals surface area contributed by atoms with E-state index in [0.29, 0.717) is 12.8 Å². The van der Waals surface area contributed by atoms with Crippen molar-refractivity contribution in [2.45, 2.75) is 33.6 Å². The van der Waals surface area contributed by atoms with Gasteiger partial charge in [-0.25, -0.2) is 0 Å². The van der Waals surface area contributed by atoms with Gasteiger partial charge in [-0.15, -0.1) is 0 Å². The molecule has 72 valence electrons. The summed E-state index contributed by atoms with van der Waals surface area (Å²) in [5, 5.41) is 8.80. The highest BCUT2D eigenvalue weighted by molar-refractivity contribution is 5.78. The summed E-state index contributed by atoms with van der Waals surface area (Å²) in [5.74, 6) is 0.242. The molecule has 0 N–H and O–H groups in total. The Kier molecular flexibility index (Phi) is 5.88. The summed E-state index contributed by atoms with van der Waals surface area (Å²) in [5.41, 5.74) is 0. The molecule has 0 fully saturated rings. The number of hydrogen-bond acceptors (Lipinski definition) is 2. The van der Waals surface area contributed by atoms with E-state index in [2.05, 4.69) is 6.07 Å². The lowest BCUT2D eigenvalue weighted by Gasteiger charge is -2.12. The van der Waals surface area contributed by atoms with Crippen molar-refractivity contribution in [1.82, 2.24) is 0 Å². The fraction of sp³-hybridized carbons (Fsp3) is 0.636. The number of nitrogens with zero attached hydrogens (tertiary/aromatic N) is 1. The molecule has 0 amide bonds. The molecule has 0 spiro atoms. The third-order valence-electron chi connectivity index (χ3n) is 2.11. The van der Waals surface area contributed by atoms with Crippen molar-refractivity contribution in [3.8, 4) is 6.07 Å². The molecule has 0 aromatic carbocycles. The second-order valence-electron chi connectivity index (χ2n) is 3.25. The van der Waals surface area contributed by atoms with Crippen molar-refractivity contribution in [2.24, 2.45) is 11.8 Å². The first-order chi connectivity index (χ1) is 6.15. The first kappa shape index (κ1) is 11.9. The smallest absolute Gasteiger partial charge is 0.132 e. The Morgan fingerprint density at radius 3 is 2.62 bits per heavy atom. The summed E-state index contributed by atoms with van der Waals surface area (Å²) in [7, 11) is 0. The molecule has 2 heteroatoms. The molecule has 0 saturated carbocycles. The Morgan fingerprint density at radius 1 is 1.62 bits per heavy atom. The molecule has 0 bridgehead atoms. The van der Waals surface area contributed by atoms with E-state index in [4.69, 9.17) is 5.26 Å². The molecule has 0 heterocycles. The van der Waals surface area contributed by atoms with E-state index in [0.717, 1.165) is 0 Å². The van der Waals surface area contributed by atoms with Crippen LogP contribution in [-0.4, -0.2) is 5.78 Å². The maximum Gasteiger partial charge on any atom is 0.132 e. The van der Waals surface area contributed by atoms with Crippen molar-refractivity contribution < 1.29 is 4.79 Å². The predicted molar refractivity (Wildman–Crippen MR) is 53.0 cm³/mol. The van der Waals surface area contributed by atoms with E-state index in [-0.39, 0.29) is 17.6 Å². The van der Waals surface area contributed by atoms with Crippen molar-refractivity contribution in [3.63, 3.8) is 0 Å². The lowest BCUT2D eigenvalue weighted by Crippen LogP contribution is -2.12. The summed E-state index contributed by atoms with van der Waals surface area (Å²) in [6, 6.07) is 2.19. The molecule has 0 aliphatic rings. The van der Waals surface area contributed by atoms with Gasteiger partial charge in [0, 0.05) is 12.8 Å². The van der Waals surface area contributed by atoms with Crippen LogP contribution in [0.25, 0.3) is 0 Å². The normalized spacial score (nSPS) is 15.2. The number of rotatable bonds is 5. The Morgan fingerprint density at radius 2 is 2.23 bits per heavy atom. The molecule has 13 heavy (non-hydrogen) atoms. The van der Waals surface area contributed by atoms with Crippen LogP contribution in [0.5, 0.6) is 0 Å². The molecular formula is C11H17NO. The van der Waals surface area contributed by atoms with E-state index in [1.165, 1.54) is 0 Å². The van der Waals surface area contributed by atoms with E-state index >= 15 is 0 Å². The summed E-state index contributed by atoms with van der Waals surface area (Å²) in [6.07, 6.45) is 4.80. The number of Topliss-reactive ketones (excluding diaryl/α,β-unsaturated/α-hetero) is 1. The molecule has 0 saturated heterocycles. The molecule has 2 nitrogen and oxygen atoms in total. The van der Waals surface area contributed by atoms with Gasteiger partial charge in [0.15, 0.2) is 0 Å². The Labute approximate surface area is 80.3 Å². The maximum absolute atomic E-state index is 11.1. The van der Waals surface area contributed by atoms with Crippen molar-refractivity contribution in [2.75, 3.05) is 0 Å². The zero-order valence-electron chi connectivity index (χ0n) is 8.58. The summed E-state index contributed by atoms with van der Waals surface area (Å²) < 4.78 is 0. The molecule has 0 aromatic heterocycles. The Balaban J connectivity index is 4.15. The van der Waals surface area contributed by atoms with Crippen LogP contribution in [0.1, 0.15) is 33.6 Å². The van der Waals surface area contributed by atoms with Gasteiger partial charge in [-0.05, 0) is 12.8 Å². The minimum Gasteiger partial charge on any atom is -0.300 e. The number of carbonyl (C=O) groups excluding carboxylic acids is 1. The van der Waals surface area contributed by atoms with E-state index in [1.807, 2.05) is 32.9 Å². The monoisotopic (exact) mass is 179 g/mol. The third-order valence-corrected chi connectivity index (χ3v) is 2.11. The van der Waals surface area contributed by atoms with Gasteiger partial charge in [-0.1, -0.05) is 26.0 Å². The minimum absolute atomic E-state index is 0.125. The van der Waals surface area contributed by atoms with Crippen LogP contribution >= 0.6 is 0 Å². The fourth-order valence-corrected chi connectivity index (χ4v) is 1.20. The highest BCUT2D eigenvalue weighted by atomic mass is 16.1. The average molecular weight is 179 g/mol. The average Bonchev–Trinajstić information content (AvgIpc) is 2.13. The van der Waals surface area contributed by atoms with Crippen LogP contribution < -0.4 is 0 Å². The van der Waals surface area contributed by atoms with Crippen LogP contribution in [0, 0.1) is 23.2 Å². The van der Waals surface area contributed by atoms with Crippen LogP contribution in [0.15, 0.2) is 12.2 Å². The molecule has 0 radical (unpaired) electrons. The van der Waals surface area contributed by atoms with Crippen molar-refractivity contribution in [1.29, 1.82) is 5.26 Å². The third kappa shape index (κ3) is 4.47. The topological polar surface area (TPSA) is 40.9 Å². The largest absolute Gasteiger partial charge is 0.300 e. The standard InChI is InChI=1S/C11H17NO/c1-4-6-10(8-12)9(3)7-11(13)5-2/h4,6,9-10H,5,7H2,1-3H3/b6-4+. The van der Waals surface area contributed by atoms with E-state index in [1.54, 1.807) is 0 Å². The summed E-state index contributed by atoms with van der Waals surface area (Å²) in [6.45, 7) is 5.69. The second-order valence-corrected chi connectivity index (χ2v) is 3.25. The molecule has 2 atom stereocenters. The molecule has 2 unspecified atom stereocenters. The Bertz CT molecular complexity index is 225. The van der Waals surface area contributed by atoms with Gasteiger partial charge in [0.25, 0.3) is 0 Å². The van der Waals surface area contributed by atoms with Crippen LogP contribution in [-0.2, 0) is 4.79 Å². The van der Waals surface area contributed by atoms with Gasteiger partial charge < -0.3 is 0 Å². The first-order valence-electron chi connectivity index (χ1n) is 4.69. The molecular weight excluding hydrogens is 162 g/mol. The fourth-order valence-electron chi connectivity index (χ4n) is 1.20. The Hall–Kier alpha value is -1.10. The van der Waals surface area contributed by atoms with Gasteiger partial charge in [0.2, 0.25) is 0 Å². The highest BCUT2D eigenvalue weighted by Gasteiger charge is 2.15. The number of hydrogen-bond donors (Lipinski definition) is 0. The predicted octanol–water partition coefficient (Wildman–Crippen LogP) is 2.71. The van der Waals surface area contributed by atoms with Gasteiger partial charge in [-0.3, -0.25) is 4.79 Å². The first-order valence-corrected chi connectivity index (χ1v) is 4.69. The second kappa shape index (κ2) is 6.42. The maximum atomic E-state index is 11.1. The quantitative estimate of drug-likeness (QED) is 0.609. The number of carbonyl (C=O) groups is 1. The van der Waals surface area contributed by atoms with Gasteiger partial charge in [-0.2, -0.15) is 5.26 Å². The van der Waals surface area contributed by atoms with E-state index in [9.17, 15) is 4.79 Å². The highest BCUT2D eigenvalue weighted by Crippen LogP contribution is 2.17. The molecule has 0 aromatic rings. The van der Waals surface area contributed by atoms with Crippen LogP contribution in [0.4, 0.5) is 0 Å². The molecule has 0 aliphatic heterocycles. The van der Waals surface area contributed by atoms with Gasteiger partial charge in [0.1, 0.15) is 5.78 Å². The number of nitriles is 1. The molecule has 0 aliphatic carbocycles. The van der Waals surface area contributed by atoms with Crippen molar-refractivity contribution in [3.05, 3.63) is 12.2 Å². The lowest BCUT2D eigenvalue weighted by atomic mass is 9.90. The summed E-state index contributed by atoms with van der Waals surface area (Å²) in [4.78, 5) is 11.1. The zero-order chi connectivity index (χ0) is 10.3.